The van der Waals surface area contributed by atoms with E-state index in [1.54, 1.807) is 6.08 Å². The van der Waals surface area contributed by atoms with E-state index in [0.29, 0.717) is 0 Å². The number of nitrogens with one attached hydrogen (secondary N) is 1. The van der Waals surface area contributed by atoms with Gasteiger partial charge in [0.2, 0.25) is 5.91 Å². The molecule has 2 N–H and O–H groups in total. The van der Waals surface area contributed by atoms with E-state index >= 15 is 0 Å². The molecule has 0 bridgehead atoms. The van der Waals surface area contributed by atoms with Crippen LogP contribution in [0.2, 0.25) is 0 Å². The van der Waals surface area contributed by atoms with Crippen LogP contribution >= 0.6 is 0 Å². The van der Waals surface area contributed by atoms with Gasteiger partial charge in [-0.3, -0.25) is 4.79 Å². The zero-order valence-corrected chi connectivity index (χ0v) is 10.5. The van der Waals surface area contributed by atoms with Crippen LogP contribution in [0.15, 0.2) is 12.2 Å². The first-order valence-electron chi connectivity index (χ1n) is 6.04. The molecule has 1 aliphatic rings. The van der Waals surface area contributed by atoms with Crippen molar-refractivity contribution in [2.45, 2.75) is 58.6 Å². The van der Waals surface area contributed by atoms with E-state index in [-0.39, 0.29) is 23.5 Å². The first-order valence-corrected chi connectivity index (χ1v) is 6.04. The first kappa shape index (κ1) is 13.2. The van der Waals surface area contributed by atoms with Gasteiger partial charge in [0.05, 0.1) is 6.10 Å². The lowest BCUT2D eigenvalue weighted by Crippen LogP contribution is -2.37. The average Bonchev–Trinajstić information content (AvgIpc) is 2.18. The van der Waals surface area contributed by atoms with Crippen LogP contribution in [-0.4, -0.2) is 23.2 Å². The second-order valence-corrected chi connectivity index (χ2v) is 5.71. The summed E-state index contributed by atoms with van der Waals surface area (Å²) in [6.45, 7) is 6.19. The summed E-state index contributed by atoms with van der Waals surface area (Å²) in [5.41, 5.74) is 0.0418. The predicted octanol–water partition coefficient (Wildman–Crippen LogP) is 2.01. The number of carbonyl (C=O) groups is 1. The van der Waals surface area contributed by atoms with Gasteiger partial charge in [0.25, 0.3) is 0 Å². The number of carbonyl (C=O) groups excluding carboxylic acids is 1. The molecular weight excluding hydrogens is 202 g/mol. The van der Waals surface area contributed by atoms with Gasteiger partial charge in [-0.15, -0.1) is 0 Å². The Morgan fingerprint density at radius 2 is 1.81 bits per heavy atom. The Morgan fingerprint density at radius 3 is 2.31 bits per heavy atom. The topological polar surface area (TPSA) is 49.3 Å². The zero-order valence-electron chi connectivity index (χ0n) is 10.5. The second kappa shape index (κ2) is 5.48. The minimum atomic E-state index is -0.168. The smallest absolute Gasteiger partial charge is 0.243 e. The highest BCUT2D eigenvalue weighted by Crippen LogP contribution is 2.18. The fraction of sp³-hybridized carbons (Fsp3) is 0.769. The van der Waals surface area contributed by atoms with Crippen molar-refractivity contribution in [2.75, 3.05) is 0 Å². The maximum absolute atomic E-state index is 11.6. The van der Waals surface area contributed by atoms with Gasteiger partial charge >= 0.3 is 0 Å². The van der Waals surface area contributed by atoms with E-state index in [4.69, 9.17) is 0 Å². The second-order valence-electron chi connectivity index (χ2n) is 5.71. The van der Waals surface area contributed by atoms with Crippen molar-refractivity contribution in [3.05, 3.63) is 12.2 Å². The molecule has 0 heterocycles. The van der Waals surface area contributed by atoms with Crippen LogP contribution in [-0.2, 0) is 4.79 Å². The van der Waals surface area contributed by atoms with Crippen molar-refractivity contribution < 1.29 is 9.90 Å². The molecule has 0 spiro atoms. The molecule has 0 saturated heterocycles. The van der Waals surface area contributed by atoms with Gasteiger partial charge in [-0.05, 0) is 37.2 Å². The SMILES string of the molecule is CC(C)(C)C=CC(=O)NC1CCC(O)CC1. The molecule has 0 aromatic heterocycles. The molecule has 0 atom stereocenters. The molecule has 1 rings (SSSR count). The molecule has 92 valence electrons. The van der Waals surface area contributed by atoms with E-state index in [9.17, 15) is 9.90 Å². The highest BCUT2D eigenvalue weighted by atomic mass is 16.3. The summed E-state index contributed by atoms with van der Waals surface area (Å²) in [4.78, 5) is 11.6. The normalized spacial score (nSPS) is 27.0. The van der Waals surface area contributed by atoms with Gasteiger partial charge in [-0.1, -0.05) is 26.8 Å². The van der Waals surface area contributed by atoms with Crippen molar-refractivity contribution in [1.82, 2.24) is 5.32 Å². The van der Waals surface area contributed by atoms with Crippen molar-refractivity contribution in [3.63, 3.8) is 0 Å². The van der Waals surface area contributed by atoms with E-state index in [1.165, 1.54) is 0 Å². The third-order valence-electron chi connectivity index (χ3n) is 2.78. The number of hydrogen-bond donors (Lipinski definition) is 2. The number of amides is 1. The number of allylic oxidation sites excluding steroid dienone is 1. The molecule has 1 saturated carbocycles. The molecule has 3 nitrogen and oxygen atoms in total. The van der Waals surface area contributed by atoms with Crippen LogP contribution in [0.25, 0.3) is 0 Å². The van der Waals surface area contributed by atoms with Gasteiger partial charge in [0.1, 0.15) is 0 Å². The lowest BCUT2D eigenvalue weighted by Gasteiger charge is -2.25. The molecule has 1 aliphatic carbocycles. The van der Waals surface area contributed by atoms with E-state index in [0.717, 1.165) is 25.7 Å². The number of hydrogen-bond acceptors (Lipinski definition) is 2. The van der Waals surface area contributed by atoms with Crippen molar-refractivity contribution in [1.29, 1.82) is 0 Å². The summed E-state index contributed by atoms with van der Waals surface area (Å²) in [6, 6.07) is 0.237. The summed E-state index contributed by atoms with van der Waals surface area (Å²) in [5.74, 6) is -0.0173. The Kier molecular flexibility index (Phi) is 4.54. The third-order valence-corrected chi connectivity index (χ3v) is 2.78. The van der Waals surface area contributed by atoms with E-state index in [2.05, 4.69) is 26.1 Å². The first-order chi connectivity index (χ1) is 7.37. The van der Waals surface area contributed by atoms with Gasteiger partial charge in [-0.2, -0.15) is 0 Å². The van der Waals surface area contributed by atoms with Crippen LogP contribution in [0.4, 0.5) is 0 Å². The van der Waals surface area contributed by atoms with Crippen LogP contribution in [0.5, 0.6) is 0 Å². The summed E-state index contributed by atoms with van der Waals surface area (Å²) >= 11 is 0. The maximum atomic E-state index is 11.6. The summed E-state index contributed by atoms with van der Waals surface area (Å²) < 4.78 is 0. The minimum absolute atomic E-state index is 0.0173. The third kappa shape index (κ3) is 5.31. The standard InChI is InChI=1S/C13H23NO2/c1-13(2,3)9-8-12(16)14-10-4-6-11(15)7-5-10/h8-11,15H,4-7H2,1-3H3,(H,14,16). The summed E-state index contributed by atoms with van der Waals surface area (Å²) in [6.07, 6.45) is 6.73. The maximum Gasteiger partial charge on any atom is 0.243 e. The lowest BCUT2D eigenvalue weighted by molar-refractivity contribution is -0.117. The predicted molar refractivity (Wildman–Crippen MR) is 65.0 cm³/mol. The Morgan fingerprint density at radius 1 is 1.25 bits per heavy atom. The molecule has 0 radical (unpaired) electrons. The quantitative estimate of drug-likeness (QED) is 0.706. The molecule has 0 aliphatic heterocycles. The van der Waals surface area contributed by atoms with Crippen LogP contribution in [0.1, 0.15) is 46.5 Å². The highest BCUT2D eigenvalue weighted by Gasteiger charge is 2.20. The van der Waals surface area contributed by atoms with Crippen molar-refractivity contribution in [2.24, 2.45) is 5.41 Å². The lowest BCUT2D eigenvalue weighted by atomic mass is 9.93. The fourth-order valence-electron chi connectivity index (χ4n) is 1.80. The Hall–Kier alpha value is -0.830. The molecule has 0 aromatic carbocycles. The van der Waals surface area contributed by atoms with Crippen LogP contribution < -0.4 is 5.32 Å². The summed E-state index contributed by atoms with van der Waals surface area (Å²) in [5, 5.41) is 12.3. The largest absolute Gasteiger partial charge is 0.393 e. The van der Waals surface area contributed by atoms with E-state index in [1.807, 2.05) is 6.08 Å². The molecule has 0 aromatic rings. The van der Waals surface area contributed by atoms with Gasteiger partial charge in [0, 0.05) is 6.04 Å². The van der Waals surface area contributed by atoms with Crippen LogP contribution in [0.3, 0.4) is 0 Å². The van der Waals surface area contributed by atoms with Crippen LogP contribution in [0, 0.1) is 5.41 Å². The van der Waals surface area contributed by atoms with Crippen molar-refractivity contribution >= 4 is 5.91 Å². The number of aliphatic hydroxyl groups excluding tert-OH is 1. The number of aliphatic hydroxyl groups is 1. The fourth-order valence-corrected chi connectivity index (χ4v) is 1.80. The Bertz CT molecular complexity index is 258. The molecule has 16 heavy (non-hydrogen) atoms. The average molecular weight is 225 g/mol. The monoisotopic (exact) mass is 225 g/mol. The van der Waals surface area contributed by atoms with Gasteiger partial charge < -0.3 is 10.4 Å². The summed E-state index contributed by atoms with van der Waals surface area (Å²) in [7, 11) is 0. The Labute approximate surface area is 97.9 Å². The molecule has 0 unspecified atom stereocenters. The van der Waals surface area contributed by atoms with Crippen molar-refractivity contribution in [3.8, 4) is 0 Å². The molecule has 1 fully saturated rings. The zero-order chi connectivity index (χ0) is 12.2. The minimum Gasteiger partial charge on any atom is -0.393 e. The Balaban J connectivity index is 2.32. The highest BCUT2D eigenvalue weighted by molar-refractivity contribution is 5.87. The number of rotatable bonds is 2. The van der Waals surface area contributed by atoms with Gasteiger partial charge in [-0.25, -0.2) is 0 Å². The molecule has 3 heteroatoms. The molecular formula is C13H23NO2. The molecule has 1 amide bonds. The van der Waals surface area contributed by atoms with E-state index < -0.39 is 0 Å². The van der Waals surface area contributed by atoms with Gasteiger partial charge in [0.15, 0.2) is 0 Å².